The monoisotopic (exact) mass is 252 g/mol. The molecule has 2 nitrogen and oxygen atoms in total. The van der Waals surface area contributed by atoms with E-state index in [-0.39, 0.29) is 0 Å². The first-order valence-electron chi connectivity index (χ1n) is 6.51. The normalized spacial score (nSPS) is 10.9. The fourth-order valence-corrected chi connectivity index (χ4v) is 1.95. The Morgan fingerprint density at radius 1 is 0.842 bits per heavy atom. The predicted molar refractivity (Wildman–Crippen MR) is 83.6 cm³/mol. The van der Waals surface area contributed by atoms with E-state index in [0.29, 0.717) is 0 Å². The van der Waals surface area contributed by atoms with Gasteiger partial charge in [0, 0.05) is 5.69 Å². The minimum Gasteiger partial charge on any atom is -0.346 e. The van der Waals surface area contributed by atoms with E-state index in [1.165, 1.54) is 22.3 Å². The summed E-state index contributed by atoms with van der Waals surface area (Å²) in [4.78, 5) is 4.50. The second-order valence-corrected chi connectivity index (χ2v) is 4.87. The molecule has 0 aliphatic carbocycles. The fourth-order valence-electron chi connectivity index (χ4n) is 1.95. The molecule has 0 fully saturated rings. The molecule has 0 saturated carbocycles. The average molecular weight is 252 g/mol. The van der Waals surface area contributed by atoms with Crippen molar-refractivity contribution in [2.24, 2.45) is 4.99 Å². The zero-order valence-corrected chi connectivity index (χ0v) is 12.0. The van der Waals surface area contributed by atoms with Gasteiger partial charge in [0.2, 0.25) is 0 Å². The third-order valence-electron chi connectivity index (χ3n) is 3.60. The lowest BCUT2D eigenvalue weighted by molar-refractivity contribution is 1.31. The van der Waals surface area contributed by atoms with E-state index in [9.17, 15) is 0 Å². The van der Waals surface area contributed by atoms with E-state index >= 15 is 0 Å². The van der Waals surface area contributed by atoms with Gasteiger partial charge in [0.05, 0.1) is 12.0 Å². The van der Waals surface area contributed by atoms with Crippen molar-refractivity contribution in [3.8, 4) is 0 Å². The molecule has 0 radical (unpaired) electrons. The molecule has 0 spiro atoms. The maximum Gasteiger partial charge on any atom is 0.0930 e. The molecule has 98 valence electrons. The van der Waals surface area contributed by atoms with E-state index in [0.717, 1.165) is 11.4 Å². The molecule has 1 N–H and O–H groups in total. The highest BCUT2D eigenvalue weighted by Crippen LogP contribution is 2.21. The van der Waals surface area contributed by atoms with Gasteiger partial charge in [-0.05, 0) is 62.1 Å². The van der Waals surface area contributed by atoms with Crippen LogP contribution in [-0.2, 0) is 0 Å². The third kappa shape index (κ3) is 3.02. The summed E-state index contributed by atoms with van der Waals surface area (Å²) in [5.41, 5.74) is 7.15. The van der Waals surface area contributed by atoms with E-state index in [4.69, 9.17) is 0 Å². The largest absolute Gasteiger partial charge is 0.346 e. The Bertz CT molecular complexity index is 613. The van der Waals surface area contributed by atoms with Gasteiger partial charge < -0.3 is 5.32 Å². The molecular formula is C17H20N2. The number of benzene rings is 2. The molecule has 0 aromatic heterocycles. The minimum atomic E-state index is 1.01. The molecule has 2 aromatic carbocycles. The molecule has 19 heavy (non-hydrogen) atoms. The topological polar surface area (TPSA) is 24.4 Å². The van der Waals surface area contributed by atoms with Crippen molar-refractivity contribution in [2.75, 3.05) is 5.32 Å². The third-order valence-corrected chi connectivity index (χ3v) is 3.60. The summed E-state index contributed by atoms with van der Waals surface area (Å²) in [6.45, 7) is 8.43. The van der Waals surface area contributed by atoms with Crippen LogP contribution in [0, 0.1) is 27.7 Å². The lowest BCUT2D eigenvalue weighted by atomic mass is 10.1. The van der Waals surface area contributed by atoms with Crippen LogP contribution in [0.25, 0.3) is 0 Å². The molecule has 0 unspecified atom stereocenters. The van der Waals surface area contributed by atoms with Gasteiger partial charge in [-0.2, -0.15) is 0 Å². The van der Waals surface area contributed by atoms with E-state index in [2.05, 4.69) is 62.3 Å². The van der Waals surface area contributed by atoms with Gasteiger partial charge in [0.15, 0.2) is 0 Å². The van der Waals surface area contributed by atoms with E-state index < -0.39 is 0 Å². The Labute approximate surface area is 115 Å². The number of nitrogens with zero attached hydrogens (tertiary/aromatic N) is 1. The van der Waals surface area contributed by atoms with Crippen molar-refractivity contribution >= 4 is 17.7 Å². The summed E-state index contributed by atoms with van der Waals surface area (Å²) in [5, 5.41) is 3.26. The smallest absolute Gasteiger partial charge is 0.0930 e. The second kappa shape index (κ2) is 5.70. The molecule has 2 rings (SSSR count). The molecule has 2 heteroatoms. The molecule has 2 aromatic rings. The highest BCUT2D eigenvalue weighted by Gasteiger charge is 1.99. The maximum absolute atomic E-state index is 4.50. The fraction of sp³-hybridized carbons (Fsp3) is 0.235. The van der Waals surface area contributed by atoms with Crippen LogP contribution in [0.15, 0.2) is 41.4 Å². The summed E-state index contributed by atoms with van der Waals surface area (Å²) in [6.07, 6.45) is 1.77. The number of aliphatic imine (C=N–C) groups is 1. The van der Waals surface area contributed by atoms with Crippen LogP contribution in [0.4, 0.5) is 11.4 Å². The van der Waals surface area contributed by atoms with Crippen molar-refractivity contribution in [3.05, 3.63) is 58.7 Å². The van der Waals surface area contributed by atoms with E-state index in [1.807, 2.05) is 12.1 Å². The Morgan fingerprint density at radius 3 is 2.21 bits per heavy atom. The van der Waals surface area contributed by atoms with Crippen LogP contribution in [0.2, 0.25) is 0 Å². The summed E-state index contributed by atoms with van der Waals surface area (Å²) < 4.78 is 0. The number of nitrogens with one attached hydrogen (secondary N) is 1. The van der Waals surface area contributed by atoms with Crippen LogP contribution in [0.3, 0.4) is 0 Å². The van der Waals surface area contributed by atoms with Gasteiger partial charge in [0.1, 0.15) is 0 Å². The summed E-state index contributed by atoms with van der Waals surface area (Å²) in [7, 11) is 0. The number of hydrogen-bond acceptors (Lipinski definition) is 1. The Morgan fingerprint density at radius 2 is 1.47 bits per heavy atom. The molecule has 0 bridgehead atoms. The van der Waals surface area contributed by atoms with Crippen LogP contribution < -0.4 is 5.32 Å². The predicted octanol–water partition coefficient (Wildman–Crippen LogP) is 4.69. The van der Waals surface area contributed by atoms with Crippen molar-refractivity contribution in [1.82, 2.24) is 0 Å². The Balaban J connectivity index is 2.16. The van der Waals surface area contributed by atoms with Crippen LogP contribution in [-0.4, -0.2) is 6.34 Å². The van der Waals surface area contributed by atoms with Crippen LogP contribution in [0.5, 0.6) is 0 Å². The standard InChI is InChI=1S/C17H20N2/c1-12-7-5-9-16(14(12)3)18-11-19-17-10-6-8-13(2)15(17)4/h5-11H,1-4H3,(H,18,19). The van der Waals surface area contributed by atoms with Gasteiger partial charge in [-0.1, -0.05) is 24.3 Å². The number of rotatable bonds is 3. The molecule has 0 atom stereocenters. The van der Waals surface area contributed by atoms with Crippen molar-refractivity contribution in [1.29, 1.82) is 0 Å². The van der Waals surface area contributed by atoms with Crippen LogP contribution in [0.1, 0.15) is 22.3 Å². The van der Waals surface area contributed by atoms with Gasteiger partial charge in [0.25, 0.3) is 0 Å². The van der Waals surface area contributed by atoms with Gasteiger partial charge >= 0.3 is 0 Å². The van der Waals surface area contributed by atoms with Gasteiger partial charge in [-0.3, -0.25) is 0 Å². The first-order chi connectivity index (χ1) is 9.09. The molecule has 0 heterocycles. The zero-order valence-electron chi connectivity index (χ0n) is 12.0. The first-order valence-corrected chi connectivity index (χ1v) is 6.51. The second-order valence-electron chi connectivity index (χ2n) is 4.87. The SMILES string of the molecule is Cc1cccc(N=CNc2cccc(C)c2C)c1C. The lowest BCUT2D eigenvalue weighted by Crippen LogP contribution is -1.98. The lowest BCUT2D eigenvalue weighted by Gasteiger charge is -2.08. The minimum absolute atomic E-state index is 1.01. The highest BCUT2D eigenvalue weighted by molar-refractivity contribution is 5.80. The molecule has 0 aliphatic rings. The van der Waals surface area contributed by atoms with Crippen molar-refractivity contribution < 1.29 is 0 Å². The molecule has 0 saturated heterocycles. The quantitative estimate of drug-likeness (QED) is 0.622. The molecular weight excluding hydrogens is 232 g/mol. The Hall–Kier alpha value is -2.09. The highest BCUT2D eigenvalue weighted by atomic mass is 14.9. The van der Waals surface area contributed by atoms with E-state index in [1.54, 1.807) is 6.34 Å². The Kier molecular flexibility index (Phi) is 4.00. The number of hydrogen-bond donors (Lipinski definition) is 1. The van der Waals surface area contributed by atoms with Gasteiger partial charge in [-0.15, -0.1) is 0 Å². The van der Waals surface area contributed by atoms with Gasteiger partial charge in [-0.25, -0.2) is 4.99 Å². The first kappa shape index (κ1) is 13.3. The molecule has 0 aliphatic heterocycles. The summed E-state index contributed by atoms with van der Waals surface area (Å²) in [5.74, 6) is 0. The number of aryl methyl sites for hydroxylation is 2. The number of anilines is 1. The molecule has 0 amide bonds. The average Bonchev–Trinajstić information content (AvgIpc) is 2.39. The summed E-state index contributed by atoms with van der Waals surface area (Å²) >= 11 is 0. The van der Waals surface area contributed by atoms with Crippen molar-refractivity contribution in [2.45, 2.75) is 27.7 Å². The zero-order chi connectivity index (χ0) is 13.8. The van der Waals surface area contributed by atoms with Crippen molar-refractivity contribution in [3.63, 3.8) is 0 Å². The van der Waals surface area contributed by atoms with Crippen LogP contribution >= 0.6 is 0 Å². The summed E-state index contributed by atoms with van der Waals surface area (Å²) in [6, 6.07) is 12.4. The maximum atomic E-state index is 4.50.